The van der Waals surface area contributed by atoms with Crippen molar-refractivity contribution in [3.63, 3.8) is 0 Å². The smallest absolute Gasteiger partial charge is 0.306 e. The van der Waals surface area contributed by atoms with Gasteiger partial charge in [-0.2, -0.15) is 0 Å². The lowest BCUT2D eigenvalue weighted by Crippen LogP contribution is -2.11. The fraction of sp³-hybridized carbons (Fsp3) is 0.900. The van der Waals surface area contributed by atoms with Crippen LogP contribution >= 0.6 is 0 Å². The average Bonchev–Trinajstić information content (AvgIpc) is 2.02. The SMILES string of the molecule is CCCOCCCC(=O)OC(C)C. The second kappa shape index (κ2) is 8.05. The van der Waals surface area contributed by atoms with Crippen LogP contribution in [-0.4, -0.2) is 25.3 Å². The summed E-state index contributed by atoms with van der Waals surface area (Å²) < 4.78 is 10.2. The van der Waals surface area contributed by atoms with Crippen LogP contribution in [0.5, 0.6) is 0 Å². The third-order valence-electron chi connectivity index (χ3n) is 1.39. The van der Waals surface area contributed by atoms with Gasteiger partial charge in [0.05, 0.1) is 6.10 Å². The van der Waals surface area contributed by atoms with Crippen molar-refractivity contribution in [3.8, 4) is 0 Å². The van der Waals surface area contributed by atoms with Gasteiger partial charge in [-0.3, -0.25) is 4.79 Å². The lowest BCUT2D eigenvalue weighted by molar-refractivity contribution is -0.147. The molecule has 0 unspecified atom stereocenters. The Morgan fingerprint density at radius 3 is 2.54 bits per heavy atom. The lowest BCUT2D eigenvalue weighted by Gasteiger charge is -2.07. The summed E-state index contributed by atoms with van der Waals surface area (Å²) in [5.41, 5.74) is 0. The maximum absolute atomic E-state index is 11.0. The molecule has 78 valence electrons. The summed E-state index contributed by atoms with van der Waals surface area (Å²) in [6, 6.07) is 0. The molecule has 0 saturated carbocycles. The van der Waals surface area contributed by atoms with E-state index in [1.165, 1.54) is 0 Å². The molecule has 0 spiro atoms. The van der Waals surface area contributed by atoms with Crippen molar-refractivity contribution >= 4 is 5.97 Å². The minimum atomic E-state index is -0.130. The van der Waals surface area contributed by atoms with Gasteiger partial charge in [0.2, 0.25) is 0 Å². The van der Waals surface area contributed by atoms with Gasteiger partial charge in [0.15, 0.2) is 0 Å². The molecule has 0 aromatic rings. The normalized spacial score (nSPS) is 10.5. The molecule has 13 heavy (non-hydrogen) atoms. The van der Waals surface area contributed by atoms with Gasteiger partial charge in [0.1, 0.15) is 0 Å². The highest BCUT2D eigenvalue weighted by molar-refractivity contribution is 5.69. The third kappa shape index (κ3) is 9.34. The molecule has 0 bridgehead atoms. The van der Waals surface area contributed by atoms with Crippen LogP contribution in [0.25, 0.3) is 0 Å². The second-order valence-electron chi connectivity index (χ2n) is 3.25. The molecule has 0 rings (SSSR count). The van der Waals surface area contributed by atoms with Gasteiger partial charge in [0, 0.05) is 19.6 Å². The topological polar surface area (TPSA) is 35.5 Å². The zero-order valence-corrected chi connectivity index (χ0v) is 8.84. The Morgan fingerprint density at radius 1 is 1.31 bits per heavy atom. The summed E-state index contributed by atoms with van der Waals surface area (Å²) in [5.74, 6) is -0.130. The van der Waals surface area contributed by atoms with E-state index in [0.717, 1.165) is 19.4 Å². The van der Waals surface area contributed by atoms with Gasteiger partial charge in [-0.25, -0.2) is 0 Å². The Hall–Kier alpha value is -0.570. The zero-order valence-electron chi connectivity index (χ0n) is 8.84. The molecule has 0 atom stereocenters. The molecule has 3 nitrogen and oxygen atoms in total. The molecule has 0 N–H and O–H groups in total. The fourth-order valence-corrected chi connectivity index (χ4v) is 0.887. The van der Waals surface area contributed by atoms with Crippen LogP contribution in [-0.2, 0) is 14.3 Å². The van der Waals surface area contributed by atoms with Crippen molar-refractivity contribution in [3.05, 3.63) is 0 Å². The molecule has 0 aliphatic rings. The van der Waals surface area contributed by atoms with Crippen LogP contribution in [0.2, 0.25) is 0 Å². The molecule has 0 aromatic heterocycles. The Kier molecular flexibility index (Phi) is 7.69. The first-order valence-electron chi connectivity index (χ1n) is 4.94. The number of hydrogen-bond acceptors (Lipinski definition) is 3. The first-order valence-corrected chi connectivity index (χ1v) is 4.94. The predicted molar refractivity (Wildman–Crippen MR) is 51.6 cm³/mol. The molecule has 0 aliphatic heterocycles. The molecule has 3 heteroatoms. The number of esters is 1. The maximum Gasteiger partial charge on any atom is 0.306 e. The van der Waals surface area contributed by atoms with Crippen LogP contribution in [0.1, 0.15) is 40.0 Å². The molecular formula is C10H20O3. The summed E-state index contributed by atoms with van der Waals surface area (Å²) in [4.78, 5) is 11.0. The largest absolute Gasteiger partial charge is 0.463 e. The van der Waals surface area contributed by atoms with Crippen LogP contribution < -0.4 is 0 Å². The van der Waals surface area contributed by atoms with Crippen LogP contribution in [0.3, 0.4) is 0 Å². The van der Waals surface area contributed by atoms with Crippen LogP contribution in [0.4, 0.5) is 0 Å². The molecule has 0 fully saturated rings. The first kappa shape index (κ1) is 12.4. The number of rotatable bonds is 7. The van der Waals surface area contributed by atoms with Crippen LogP contribution in [0, 0.1) is 0 Å². The molecule has 0 aliphatic carbocycles. The Balaban J connectivity index is 3.17. The van der Waals surface area contributed by atoms with Crippen molar-refractivity contribution in [2.24, 2.45) is 0 Å². The standard InChI is InChI=1S/C10H20O3/c1-4-7-12-8-5-6-10(11)13-9(2)3/h9H,4-8H2,1-3H3. The van der Waals surface area contributed by atoms with E-state index in [1.54, 1.807) is 0 Å². The van der Waals surface area contributed by atoms with Gasteiger partial charge >= 0.3 is 5.97 Å². The minimum Gasteiger partial charge on any atom is -0.463 e. The molecule has 0 amide bonds. The van der Waals surface area contributed by atoms with Crippen molar-refractivity contribution in [2.45, 2.75) is 46.1 Å². The van der Waals surface area contributed by atoms with E-state index in [2.05, 4.69) is 6.92 Å². The summed E-state index contributed by atoms with van der Waals surface area (Å²) in [5, 5.41) is 0. The van der Waals surface area contributed by atoms with Crippen molar-refractivity contribution in [1.29, 1.82) is 0 Å². The Bertz CT molecular complexity index is 132. The van der Waals surface area contributed by atoms with Gasteiger partial charge < -0.3 is 9.47 Å². The van der Waals surface area contributed by atoms with E-state index >= 15 is 0 Å². The van der Waals surface area contributed by atoms with E-state index in [0.29, 0.717) is 13.0 Å². The summed E-state index contributed by atoms with van der Waals surface area (Å²) in [6.45, 7) is 7.20. The minimum absolute atomic E-state index is 0.0101. The van der Waals surface area contributed by atoms with E-state index in [4.69, 9.17) is 9.47 Å². The first-order chi connectivity index (χ1) is 6.16. The average molecular weight is 188 g/mol. The molecule has 0 heterocycles. The predicted octanol–water partition coefficient (Wildman–Crippen LogP) is 2.14. The van der Waals surface area contributed by atoms with E-state index < -0.39 is 0 Å². The summed E-state index contributed by atoms with van der Waals surface area (Å²) >= 11 is 0. The fourth-order valence-electron chi connectivity index (χ4n) is 0.887. The van der Waals surface area contributed by atoms with Gasteiger partial charge in [-0.05, 0) is 26.7 Å². The van der Waals surface area contributed by atoms with Crippen molar-refractivity contribution in [2.75, 3.05) is 13.2 Å². The lowest BCUT2D eigenvalue weighted by atomic mass is 10.3. The van der Waals surface area contributed by atoms with E-state index in [9.17, 15) is 4.79 Å². The third-order valence-corrected chi connectivity index (χ3v) is 1.39. The van der Waals surface area contributed by atoms with Crippen molar-refractivity contribution in [1.82, 2.24) is 0 Å². The molecule has 0 saturated heterocycles. The number of carbonyl (C=O) groups is 1. The number of ether oxygens (including phenoxy) is 2. The Labute approximate surface area is 80.4 Å². The van der Waals surface area contributed by atoms with Gasteiger partial charge in [-0.15, -0.1) is 0 Å². The molecule has 0 radical (unpaired) electrons. The zero-order chi connectivity index (χ0) is 10.1. The monoisotopic (exact) mass is 188 g/mol. The highest BCUT2D eigenvalue weighted by atomic mass is 16.5. The number of hydrogen-bond donors (Lipinski definition) is 0. The van der Waals surface area contributed by atoms with E-state index in [-0.39, 0.29) is 12.1 Å². The molecule has 0 aromatic carbocycles. The maximum atomic E-state index is 11.0. The van der Waals surface area contributed by atoms with Crippen molar-refractivity contribution < 1.29 is 14.3 Å². The van der Waals surface area contributed by atoms with Gasteiger partial charge in [0.25, 0.3) is 0 Å². The second-order valence-corrected chi connectivity index (χ2v) is 3.25. The number of carbonyl (C=O) groups excluding carboxylic acids is 1. The Morgan fingerprint density at radius 2 is 2.00 bits per heavy atom. The van der Waals surface area contributed by atoms with E-state index in [1.807, 2.05) is 13.8 Å². The highest BCUT2D eigenvalue weighted by Gasteiger charge is 2.04. The molecular weight excluding hydrogens is 168 g/mol. The van der Waals surface area contributed by atoms with Crippen LogP contribution in [0.15, 0.2) is 0 Å². The summed E-state index contributed by atoms with van der Waals surface area (Å²) in [7, 11) is 0. The van der Waals surface area contributed by atoms with Gasteiger partial charge in [-0.1, -0.05) is 6.92 Å². The highest BCUT2D eigenvalue weighted by Crippen LogP contribution is 1.97. The summed E-state index contributed by atoms with van der Waals surface area (Å²) in [6.07, 6.45) is 2.23. The quantitative estimate of drug-likeness (QED) is 0.453.